The van der Waals surface area contributed by atoms with E-state index in [-0.39, 0.29) is 401 Å². The molecule has 6 rings (SSSR count). The van der Waals surface area contributed by atoms with Gasteiger partial charge in [-0.15, -0.1) is 38.5 Å². The van der Waals surface area contributed by atoms with Gasteiger partial charge in [0.15, 0.2) is 16.6 Å². The second kappa shape index (κ2) is 60.6. The summed E-state index contributed by atoms with van der Waals surface area (Å²) in [6.45, 7) is 34.1. The van der Waals surface area contributed by atoms with Gasteiger partial charge in [0.05, 0.1) is 75.3 Å². The van der Waals surface area contributed by atoms with Crippen molar-refractivity contribution in [3.05, 3.63) is 39.6 Å². The van der Waals surface area contributed by atoms with Crippen molar-refractivity contribution in [3.63, 3.8) is 0 Å². The molecule has 0 aromatic rings. The molecule has 15 atom stereocenters. The molecule has 6 fully saturated rings. The van der Waals surface area contributed by atoms with E-state index in [1.54, 1.807) is 33.4 Å². The third-order valence-electron chi connectivity index (χ3n) is 14.4. The summed E-state index contributed by atoms with van der Waals surface area (Å²) in [5.74, 6) is 2.80. The Morgan fingerprint density at radius 3 is 1.13 bits per heavy atom. The summed E-state index contributed by atoms with van der Waals surface area (Å²) in [6.07, 6.45) is 3.55. The van der Waals surface area contributed by atoms with Crippen LogP contribution in [-0.2, 0) is 85.4 Å². The van der Waals surface area contributed by atoms with Crippen molar-refractivity contribution >= 4 is 396 Å². The summed E-state index contributed by atoms with van der Waals surface area (Å²) in [4.78, 5) is 10.4. The molecule has 6 heterocycles. The molecule has 6 aliphatic heterocycles. The predicted molar refractivity (Wildman–Crippen MR) is 401 cm³/mol. The first kappa shape index (κ1) is 114. The summed E-state index contributed by atoms with van der Waals surface area (Å²) >= 11 is 7.03. The largest absolute Gasteiger partial charge is 2.00 e. The number of aliphatic hydroxyl groups is 3. The maximum Gasteiger partial charge on any atom is 2.00 e. The first-order valence-electron chi connectivity index (χ1n) is 29.1. The third-order valence-corrected chi connectivity index (χ3v) is 38.1. The van der Waals surface area contributed by atoms with Crippen LogP contribution >= 0.6 is 74.5 Å². The molecule has 37 heteroatoms. The molecule has 6 aliphatic rings. The Balaban J connectivity index is -0.000000100. The van der Waals surface area contributed by atoms with Crippen LogP contribution < -0.4 is 0 Å². The molecule has 4 N–H and O–H groups in total. The van der Waals surface area contributed by atoms with Gasteiger partial charge in [-0.3, -0.25) is 18.1 Å². The minimum atomic E-state index is -3.45. The topological polar surface area (TPSA) is 244 Å². The molecule has 7 unspecified atom stereocenters. The van der Waals surface area contributed by atoms with Gasteiger partial charge in [-0.25, -0.2) is 48.8 Å². The molecule has 91 heavy (non-hydrogen) atoms. The van der Waals surface area contributed by atoms with E-state index in [0.717, 1.165) is 34.8 Å². The Labute approximate surface area is 828 Å². The van der Waals surface area contributed by atoms with E-state index in [4.69, 9.17) is 81.3 Å². The Hall–Kier alpha value is 12.0. The van der Waals surface area contributed by atoms with Crippen molar-refractivity contribution in [1.82, 2.24) is 0 Å². The number of rotatable bonds is 29. The monoisotopic (exact) mass is 2250 g/mol. The molecule has 6 saturated heterocycles. The van der Waals surface area contributed by atoms with Gasteiger partial charge in [0, 0.05) is 63.4 Å². The van der Waals surface area contributed by atoms with Crippen LogP contribution in [0.5, 0.6) is 0 Å². The SMILES string of the molecule is C.CCO.CCSC.CCSS[P@@](=O)(OC[C@H]1O[CH-]CC1O)OC1C[CH-]O[C@@H]1CO.CCSS[P@@](=O)(OC[C@H]1O[CH-]CC1O[Si](C)(C)C(C)(C)C)OC1C[CH-]O[C@@H]1CC.CC[C@H]1O[CH-]CC1OP(O)(=S)OC[C@H]1O[CH-]CC1O[Si](C)(C)C(C)(C)C.[Ba+2].[Ba+2].[Ba+2].[Ba+2].[Ba+2].[Ba+2].[H-].[H-].[H-].[H-].[H-].[H-]. The van der Waals surface area contributed by atoms with Gasteiger partial charge in [0.25, 0.3) is 0 Å². The maximum atomic E-state index is 13.4. The molecule has 0 amide bonds. The van der Waals surface area contributed by atoms with Gasteiger partial charge in [0.2, 0.25) is 0 Å². The van der Waals surface area contributed by atoms with E-state index in [1.807, 2.05) is 39.5 Å². The summed E-state index contributed by atoms with van der Waals surface area (Å²) < 4.78 is 106. The van der Waals surface area contributed by atoms with Crippen molar-refractivity contribution in [1.29, 1.82) is 0 Å². The zero-order valence-corrected chi connectivity index (χ0v) is 93.3. The second-order valence-electron chi connectivity index (χ2n) is 22.9. The molecule has 0 saturated carbocycles. The second-order valence-corrected chi connectivity index (χ2v) is 48.7. The van der Waals surface area contributed by atoms with Crippen LogP contribution in [0, 0.1) is 39.6 Å². The molecular weight excluding hydrogens is 2130 g/mol. The number of hydrogen-bond donors (Lipinski definition) is 4. The van der Waals surface area contributed by atoms with E-state index in [9.17, 15) is 24.2 Å². The van der Waals surface area contributed by atoms with Crippen molar-refractivity contribution in [2.24, 2.45) is 0 Å². The average molecular weight is 2250 g/mol. The van der Waals surface area contributed by atoms with Gasteiger partial charge in [-0.05, 0) is 79.8 Å². The third kappa shape index (κ3) is 45.3. The van der Waals surface area contributed by atoms with Crippen molar-refractivity contribution in [2.75, 3.05) is 56.5 Å². The van der Waals surface area contributed by atoms with Gasteiger partial charge < -0.3 is 75.1 Å². The van der Waals surface area contributed by atoms with Crippen LogP contribution in [0.25, 0.3) is 0 Å². The van der Waals surface area contributed by atoms with E-state index >= 15 is 0 Å². The van der Waals surface area contributed by atoms with Crippen molar-refractivity contribution < 1.29 is 102 Å². The minimum absolute atomic E-state index is 0. The molecule has 0 aromatic carbocycles. The van der Waals surface area contributed by atoms with E-state index < -0.39 is 61.4 Å². The summed E-state index contributed by atoms with van der Waals surface area (Å²) in [6, 6.07) is 0. The Bertz CT molecular complexity index is 1990. The van der Waals surface area contributed by atoms with Crippen LogP contribution in [0.1, 0.15) is 150 Å². The van der Waals surface area contributed by atoms with Crippen LogP contribution in [0.15, 0.2) is 0 Å². The zero-order chi connectivity index (χ0) is 63.4. The first-order valence-corrected chi connectivity index (χ1v) is 47.8. The van der Waals surface area contributed by atoms with Crippen LogP contribution in [-0.4, -0.2) is 460 Å². The van der Waals surface area contributed by atoms with Crippen LogP contribution in [0.4, 0.5) is 0 Å². The maximum absolute atomic E-state index is 13.4. The van der Waals surface area contributed by atoms with E-state index in [1.165, 1.54) is 51.0 Å². The Morgan fingerprint density at radius 1 is 0.516 bits per heavy atom. The first-order chi connectivity index (χ1) is 39.4. The molecule has 0 aliphatic carbocycles. The Morgan fingerprint density at radius 2 is 0.813 bits per heavy atom. The van der Waals surface area contributed by atoms with Crippen LogP contribution in [0.2, 0.25) is 36.3 Å². The smallest absolute Gasteiger partial charge is 1.00 e. The van der Waals surface area contributed by atoms with E-state index in [0.29, 0.717) is 38.5 Å². The van der Waals surface area contributed by atoms with Crippen molar-refractivity contribution in [3.8, 4) is 0 Å². The molecule has 0 bridgehead atoms. The van der Waals surface area contributed by atoms with Gasteiger partial charge in [-0.1, -0.05) is 105 Å². The zero-order valence-electron chi connectivity index (χ0n) is 63.1. The standard InChI is InChI=1S/C19H37O6PS2Si.C17H33O6PSSi.C12H21O7PS2.C3H8S.C2H6O.CH4.6Ba.6H/c1-8-15-16(10-12-21-15)24-26(20,28-27-9-2)23-14-18-17(11-13-22-18)25-29(6,7)19(3,4)5;1-7-13-14(8-10-19-13)22-24(18,25)21-12-16-15(9-11-20-16)23-26(5,6)17(2,3)4;1-2-21-22-20(15,18-8-12-9(14)3-5-17-12)19-10-4-6-16-11(10)7-13;1-3-4-2;1-2-3;;;;;;;;;;;;;/h12-13,15-18H,8-11,14H2,1-7H3;10-11,13-16H,7-9,12H2,1-6H3,(H,18,25);5-6,9-14H,2-4,7-8H2,1H3;3H2,1-2H3;3H,2H2,1H3;1H4;;;;;;;;;;;;/q3*-2;;;;6*+2;6*-1/t15-,16?,17?,18-,26+;13-,14?,15?,16-,24?;9?,10?,11-,12-,20+;;;;;;;;;;;;;;;/m111.............../s1. The molecule has 0 aromatic heterocycles. The van der Waals surface area contributed by atoms with Gasteiger partial charge in [-0.2, -0.15) is 11.8 Å². The number of ether oxygens (including phenoxy) is 6. The predicted octanol–water partition coefficient (Wildman–Crippen LogP) is 13.5. The number of thioether (sulfide) groups is 1. The molecule has 522 valence electrons. The quantitative estimate of drug-likeness (QED) is 0.0235. The molecule has 0 spiro atoms. The molecular formula is C54H115Ba6O20P3S6Si2. The molecule has 20 nitrogen and oxygen atoms in total. The fourth-order valence-electron chi connectivity index (χ4n) is 7.50. The average Bonchev–Trinajstić information content (AvgIpc) is 1.80. The Kier molecular flexibility index (Phi) is 75.9. The molecule has 0 radical (unpaired) electrons. The minimum Gasteiger partial charge on any atom is -1.00 e. The summed E-state index contributed by atoms with van der Waals surface area (Å²) in [7, 11) is 1.22. The van der Waals surface area contributed by atoms with Gasteiger partial charge in [0.1, 0.15) is 0 Å². The fraction of sp³-hybridized carbons (Fsp3) is 0.889. The number of hydrogen-bond acceptors (Lipinski definition) is 25. The number of aliphatic hydroxyl groups excluding tert-OH is 3. The fourth-order valence-corrected chi connectivity index (χ4v) is 22.7. The van der Waals surface area contributed by atoms with Crippen molar-refractivity contribution in [2.45, 2.75) is 251 Å². The summed E-state index contributed by atoms with van der Waals surface area (Å²) in [5, 5.41) is 26.7. The van der Waals surface area contributed by atoms with Gasteiger partial charge >= 0.3 is 314 Å². The van der Waals surface area contributed by atoms with Crippen LogP contribution in [0.3, 0.4) is 0 Å². The normalized spacial score (nSPS) is 28.1. The summed E-state index contributed by atoms with van der Waals surface area (Å²) in [5.41, 5.74) is 0. The van der Waals surface area contributed by atoms with E-state index in [2.05, 4.69) is 80.9 Å².